The van der Waals surface area contributed by atoms with Gasteiger partial charge in [0.15, 0.2) is 11.6 Å². The molecule has 1 unspecified atom stereocenters. The van der Waals surface area contributed by atoms with Crippen molar-refractivity contribution in [1.29, 1.82) is 0 Å². The first kappa shape index (κ1) is 20.7. The molecule has 3 rings (SSSR count). The molecule has 2 aromatic carbocycles. The van der Waals surface area contributed by atoms with Crippen molar-refractivity contribution in [2.24, 2.45) is 0 Å². The molecule has 0 radical (unpaired) electrons. The molecule has 1 heterocycles. The first-order valence-electron chi connectivity index (χ1n) is 9.24. The second kappa shape index (κ2) is 8.52. The van der Waals surface area contributed by atoms with Crippen LogP contribution in [0.3, 0.4) is 0 Å². The zero-order valence-corrected chi connectivity index (χ0v) is 16.2. The highest BCUT2D eigenvalue weighted by Gasteiger charge is 2.24. The number of halogens is 2. The number of rotatable bonds is 5. The lowest BCUT2D eigenvalue weighted by Crippen LogP contribution is -2.44. The van der Waals surface area contributed by atoms with E-state index in [1.165, 1.54) is 18.2 Å². The Balaban J connectivity index is 1.79. The average Bonchev–Trinajstić information content (AvgIpc) is 2.70. The maximum absolute atomic E-state index is 13.4. The topological polar surface area (TPSA) is 78.7 Å². The summed E-state index contributed by atoms with van der Waals surface area (Å²) >= 11 is 0. The number of nitro groups is 1. The van der Waals surface area contributed by atoms with Crippen LogP contribution in [0.5, 0.6) is 0 Å². The van der Waals surface area contributed by atoms with Crippen LogP contribution >= 0.6 is 0 Å². The molecule has 1 aliphatic heterocycles. The molecular weight excluding hydrogens is 382 g/mol. The molecule has 0 bridgehead atoms. The molecule has 0 spiro atoms. The summed E-state index contributed by atoms with van der Waals surface area (Å²) in [5, 5.41) is 14.2. The van der Waals surface area contributed by atoms with Crippen LogP contribution in [0.15, 0.2) is 36.4 Å². The van der Waals surface area contributed by atoms with Crippen molar-refractivity contribution in [3.05, 3.63) is 69.3 Å². The number of amides is 1. The Bertz CT molecular complexity index is 930. The molecule has 0 saturated carbocycles. The zero-order chi connectivity index (χ0) is 21.1. The van der Waals surface area contributed by atoms with E-state index in [0.717, 1.165) is 25.2 Å². The van der Waals surface area contributed by atoms with E-state index in [0.29, 0.717) is 24.3 Å². The molecule has 1 N–H and O–H groups in total. The molecule has 0 aliphatic carbocycles. The van der Waals surface area contributed by atoms with Crippen LogP contribution in [0.25, 0.3) is 0 Å². The number of piperazine rings is 1. The Hall–Kier alpha value is -3.07. The minimum absolute atomic E-state index is 0.129. The second-order valence-electron chi connectivity index (χ2n) is 7.12. The first-order valence-corrected chi connectivity index (χ1v) is 9.24. The van der Waals surface area contributed by atoms with Crippen LogP contribution in [0.4, 0.5) is 20.2 Å². The lowest BCUT2D eigenvalue weighted by atomic mass is 10.1. The van der Waals surface area contributed by atoms with Gasteiger partial charge < -0.3 is 15.1 Å². The Kier molecular flexibility index (Phi) is 6.07. The third-order valence-electron chi connectivity index (χ3n) is 5.07. The molecule has 1 fully saturated rings. The summed E-state index contributed by atoms with van der Waals surface area (Å²) in [7, 11) is 1.99. The van der Waals surface area contributed by atoms with E-state index in [9.17, 15) is 23.7 Å². The number of carbonyl (C=O) groups excluding carboxylic acids is 1. The van der Waals surface area contributed by atoms with Gasteiger partial charge >= 0.3 is 0 Å². The van der Waals surface area contributed by atoms with E-state index in [4.69, 9.17) is 0 Å². The number of benzene rings is 2. The van der Waals surface area contributed by atoms with Crippen LogP contribution in [0, 0.1) is 21.7 Å². The number of likely N-dealkylation sites (N-methyl/N-ethyl adjacent to an activating group) is 1. The Morgan fingerprint density at radius 3 is 2.41 bits per heavy atom. The van der Waals surface area contributed by atoms with E-state index in [1.807, 2.05) is 11.9 Å². The monoisotopic (exact) mass is 404 g/mol. The predicted octanol–water partition coefficient (Wildman–Crippen LogP) is 3.12. The Morgan fingerprint density at radius 2 is 1.79 bits per heavy atom. The van der Waals surface area contributed by atoms with Crippen molar-refractivity contribution < 1.29 is 18.5 Å². The highest BCUT2D eigenvalue weighted by atomic mass is 19.2. The molecule has 0 aromatic heterocycles. The summed E-state index contributed by atoms with van der Waals surface area (Å²) in [6.07, 6.45) is 0. The second-order valence-corrected chi connectivity index (χ2v) is 7.12. The third-order valence-corrected chi connectivity index (χ3v) is 5.07. The van der Waals surface area contributed by atoms with Crippen LogP contribution in [0.1, 0.15) is 28.9 Å². The van der Waals surface area contributed by atoms with Gasteiger partial charge in [-0.1, -0.05) is 6.07 Å². The molecule has 9 heteroatoms. The van der Waals surface area contributed by atoms with Crippen molar-refractivity contribution in [3.63, 3.8) is 0 Å². The number of carbonyl (C=O) groups is 1. The minimum atomic E-state index is -1.00. The van der Waals surface area contributed by atoms with E-state index >= 15 is 0 Å². The van der Waals surface area contributed by atoms with Gasteiger partial charge in [-0.15, -0.1) is 0 Å². The van der Waals surface area contributed by atoms with E-state index < -0.39 is 28.5 Å². The summed E-state index contributed by atoms with van der Waals surface area (Å²) in [4.78, 5) is 27.7. The molecule has 29 heavy (non-hydrogen) atoms. The van der Waals surface area contributed by atoms with Crippen molar-refractivity contribution in [2.45, 2.75) is 13.0 Å². The number of hydrogen-bond donors (Lipinski definition) is 1. The first-order chi connectivity index (χ1) is 13.8. The summed E-state index contributed by atoms with van der Waals surface area (Å²) in [5.41, 5.74) is 0.862. The lowest BCUT2D eigenvalue weighted by molar-refractivity contribution is -0.384. The largest absolute Gasteiger partial charge is 0.363 e. The number of anilines is 1. The molecule has 1 amide bonds. The minimum Gasteiger partial charge on any atom is -0.363 e. The fraction of sp³-hybridized carbons (Fsp3) is 0.350. The van der Waals surface area contributed by atoms with E-state index in [2.05, 4.69) is 10.2 Å². The zero-order valence-electron chi connectivity index (χ0n) is 16.2. The van der Waals surface area contributed by atoms with Gasteiger partial charge in [0, 0.05) is 37.8 Å². The van der Waals surface area contributed by atoms with E-state index in [-0.39, 0.29) is 11.3 Å². The molecule has 1 saturated heterocycles. The summed E-state index contributed by atoms with van der Waals surface area (Å²) in [5.74, 6) is -2.51. The average molecular weight is 404 g/mol. The van der Waals surface area contributed by atoms with Gasteiger partial charge in [-0.3, -0.25) is 14.9 Å². The molecule has 2 aromatic rings. The van der Waals surface area contributed by atoms with Crippen molar-refractivity contribution in [2.75, 3.05) is 38.1 Å². The normalized spacial score (nSPS) is 15.8. The lowest BCUT2D eigenvalue weighted by Gasteiger charge is -2.33. The molecule has 1 atom stereocenters. The van der Waals surface area contributed by atoms with Gasteiger partial charge in [0.2, 0.25) is 0 Å². The van der Waals surface area contributed by atoms with Gasteiger partial charge in [0.05, 0.1) is 11.0 Å². The van der Waals surface area contributed by atoms with Crippen molar-refractivity contribution in [1.82, 2.24) is 10.2 Å². The molecular formula is C20H22F2N4O3. The van der Waals surface area contributed by atoms with Crippen LogP contribution in [0.2, 0.25) is 0 Å². The van der Waals surface area contributed by atoms with E-state index in [1.54, 1.807) is 13.0 Å². The number of nitrogens with zero attached hydrogens (tertiary/aromatic N) is 3. The van der Waals surface area contributed by atoms with Crippen LogP contribution < -0.4 is 10.2 Å². The SMILES string of the molecule is CC(NC(=O)c1ccc(N2CCN(C)CC2)c([N+](=O)[O-])c1)c1ccc(F)c(F)c1. The van der Waals surface area contributed by atoms with Gasteiger partial charge in [-0.2, -0.15) is 0 Å². The maximum atomic E-state index is 13.4. The maximum Gasteiger partial charge on any atom is 0.293 e. The van der Waals surface area contributed by atoms with Crippen LogP contribution in [-0.2, 0) is 0 Å². The summed E-state index contributed by atoms with van der Waals surface area (Å²) < 4.78 is 26.5. The standard InChI is InChI=1S/C20H22F2N4O3/c1-13(14-3-5-16(21)17(22)11-14)23-20(27)15-4-6-18(19(12-15)26(28)29)25-9-7-24(2)8-10-25/h3-6,11-13H,7-10H2,1-2H3,(H,23,27). The number of nitrogens with one attached hydrogen (secondary N) is 1. The van der Waals surface area contributed by atoms with Crippen molar-refractivity contribution >= 4 is 17.3 Å². The highest BCUT2D eigenvalue weighted by Crippen LogP contribution is 2.30. The van der Waals surface area contributed by atoms with Gasteiger partial charge in [-0.05, 0) is 43.8 Å². The van der Waals surface area contributed by atoms with Gasteiger partial charge in [-0.25, -0.2) is 8.78 Å². The third kappa shape index (κ3) is 4.68. The number of hydrogen-bond acceptors (Lipinski definition) is 5. The quantitative estimate of drug-likeness (QED) is 0.612. The van der Waals surface area contributed by atoms with Gasteiger partial charge in [0.25, 0.3) is 11.6 Å². The van der Waals surface area contributed by atoms with Gasteiger partial charge in [0.1, 0.15) is 5.69 Å². The summed E-state index contributed by atoms with van der Waals surface area (Å²) in [6, 6.07) is 7.15. The summed E-state index contributed by atoms with van der Waals surface area (Å²) in [6.45, 7) is 4.54. The fourth-order valence-corrected chi connectivity index (χ4v) is 3.27. The Labute approximate surface area is 167 Å². The number of nitro benzene ring substituents is 1. The highest BCUT2D eigenvalue weighted by molar-refractivity contribution is 5.96. The molecule has 1 aliphatic rings. The molecule has 7 nitrogen and oxygen atoms in total. The van der Waals surface area contributed by atoms with Crippen LogP contribution in [-0.4, -0.2) is 49.0 Å². The smallest absolute Gasteiger partial charge is 0.293 e. The fourth-order valence-electron chi connectivity index (χ4n) is 3.27. The predicted molar refractivity (Wildman–Crippen MR) is 105 cm³/mol. The molecule has 154 valence electrons. The van der Waals surface area contributed by atoms with Crippen molar-refractivity contribution in [3.8, 4) is 0 Å². The Morgan fingerprint density at radius 1 is 1.10 bits per heavy atom.